The molecule has 6 heteroatoms. The number of anilines is 2. The normalized spacial score (nSPS) is 21.1. The molecule has 0 aromatic carbocycles. The maximum atomic E-state index is 5.87. The van der Waals surface area contributed by atoms with Crippen LogP contribution in [-0.2, 0) is 0 Å². The van der Waals surface area contributed by atoms with Crippen LogP contribution >= 0.6 is 11.8 Å². The van der Waals surface area contributed by atoms with E-state index >= 15 is 0 Å². The van der Waals surface area contributed by atoms with Gasteiger partial charge < -0.3 is 10.6 Å². The first-order valence-electron chi connectivity index (χ1n) is 7.74. The van der Waals surface area contributed by atoms with Crippen molar-refractivity contribution in [3.8, 4) is 0 Å². The average Bonchev–Trinajstić information content (AvgIpc) is 2.49. The van der Waals surface area contributed by atoms with Gasteiger partial charge in [0.05, 0.1) is 0 Å². The molecule has 1 saturated carbocycles. The van der Waals surface area contributed by atoms with E-state index in [0.717, 1.165) is 24.2 Å². The molecule has 110 valence electrons. The number of hydrogen-bond acceptors (Lipinski definition) is 6. The highest BCUT2D eigenvalue weighted by molar-refractivity contribution is 7.99. The Hall–Kier alpha value is -1.04. The first-order valence-corrected chi connectivity index (χ1v) is 8.62. The quantitative estimate of drug-likeness (QED) is 0.924. The van der Waals surface area contributed by atoms with Crippen LogP contribution in [0.1, 0.15) is 51.4 Å². The molecule has 1 saturated heterocycles. The van der Waals surface area contributed by atoms with Crippen molar-refractivity contribution in [2.45, 2.75) is 61.8 Å². The highest BCUT2D eigenvalue weighted by Gasteiger charge is 2.19. The minimum absolute atomic E-state index is 0.360. The van der Waals surface area contributed by atoms with Gasteiger partial charge in [-0.05, 0) is 32.1 Å². The zero-order chi connectivity index (χ0) is 13.8. The summed E-state index contributed by atoms with van der Waals surface area (Å²) in [6, 6.07) is 0. The number of nitrogens with two attached hydrogens (primary N) is 1. The Morgan fingerprint density at radius 1 is 0.900 bits per heavy atom. The molecular weight excluding hydrogens is 270 g/mol. The van der Waals surface area contributed by atoms with Crippen LogP contribution in [0.5, 0.6) is 0 Å². The second-order valence-corrected chi connectivity index (χ2v) is 6.97. The second-order valence-electron chi connectivity index (χ2n) is 5.70. The van der Waals surface area contributed by atoms with Gasteiger partial charge in [-0.1, -0.05) is 31.0 Å². The van der Waals surface area contributed by atoms with E-state index in [4.69, 9.17) is 5.73 Å². The molecule has 2 heterocycles. The zero-order valence-corrected chi connectivity index (χ0v) is 12.7. The molecule has 0 spiro atoms. The lowest BCUT2D eigenvalue weighted by Crippen LogP contribution is -2.31. The Kier molecular flexibility index (Phi) is 4.60. The van der Waals surface area contributed by atoms with Crippen molar-refractivity contribution in [2.24, 2.45) is 0 Å². The molecular formula is C14H23N5S. The third-order valence-electron chi connectivity index (χ3n) is 4.08. The molecule has 0 amide bonds. The van der Waals surface area contributed by atoms with E-state index in [1.165, 1.54) is 51.4 Å². The van der Waals surface area contributed by atoms with Gasteiger partial charge in [-0.3, -0.25) is 0 Å². The van der Waals surface area contributed by atoms with Crippen LogP contribution < -0.4 is 10.6 Å². The Balaban J connectivity index is 1.71. The number of aromatic nitrogens is 3. The third kappa shape index (κ3) is 3.53. The van der Waals surface area contributed by atoms with Crippen molar-refractivity contribution in [1.29, 1.82) is 0 Å². The van der Waals surface area contributed by atoms with Crippen LogP contribution in [0.3, 0.4) is 0 Å². The van der Waals surface area contributed by atoms with E-state index in [-0.39, 0.29) is 0 Å². The van der Waals surface area contributed by atoms with E-state index in [0.29, 0.717) is 11.2 Å². The summed E-state index contributed by atoms with van der Waals surface area (Å²) in [6.07, 6.45) is 10.3. The number of piperidine rings is 1. The molecule has 1 aromatic heterocycles. The largest absolute Gasteiger partial charge is 0.368 e. The molecule has 1 aromatic rings. The number of nitrogen functional groups attached to an aromatic ring is 1. The van der Waals surface area contributed by atoms with Gasteiger partial charge >= 0.3 is 0 Å². The molecule has 5 nitrogen and oxygen atoms in total. The van der Waals surface area contributed by atoms with Gasteiger partial charge in [0.25, 0.3) is 0 Å². The Morgan fingerprint density at radius 2 is 1.60 bits per heavy atom. The number of rotatable bonds is 3. The van der Waals surface area contributed by atoms with Gasteiger partial charge in [-0.2, -0.15) is 15.0 Å². The van der Waals surface area contributed by atoms with E-state index in [2.05, 4.69) is 19.9 Å². The Bertz CT molecular complexity index is 441. The van der Waals surface area contributed by atoms with E-state index < -0.39 is 0 Å². The van der Waals surface area contributed by atoms with Crippen LogP contribution in [-0.4, -0.2) is 33.3 Å². The second kappa shape index (κ2) is 6.61. The summed E-state index contributed by atoms with van der Waals surface area (Å²) < 4.78 is 0. The lowest BCUT2D eigenvalue weighted by molar-refractivity contribution is 0.515. The molecule has 2 N–H and O–H groups in total. The smallest absolute Gasteiger partial charge is 0.231 e. The Morgan fingerprint density at radius 3 is 2.35 bits per heavy atom. The number of thioether (sulfide) groups is 1. The van der Waals surface area contributed by atoms with Crippen molar-refractivity contribution in [1.82, 2.24) is 15.0 Å². The highest BCUT2D eigenvalue weighted by Crippen LogP contribution is 2.32. The molecule has 2 aliphatic rings. The van der Waals surface area contributed by atoms with Crippen LogP contribution in [0, 0.1) is 0 Å². The third-order valence-corrected chi connectivity index (χ3v) is 5.28. The summed E-state index contributed by atoms with van der Waals surface area (Å²) in [6.45, 7) is 2.08. The predicted octanol–water partition coefficient (Wildman–Crippen LogP) is 2.87. The van der Waals surface area contributed by atoms with Crippen molar-refractivity contribution < 1.29 is 0 Å². The van der Waals surface area contributed by atoms with Crippen LogP contribution in [0.4, 0.5) is 11.9 Å². The minimum atomic E-state index is 0.360. The molecule has 0 atom stereocenters. The summed E-state index contributed by atoms with van der Waals surface area (Å²) in [5.41, 5.74) is 5.87. The van der Waals surface area contributed by atoms with Crippen LogP contribution in [0.2, 0.25) is 0 Å². The topological polar surface area (TPSA) is 67.9 Å². The minimum Gasteiger partial charge on any atom is -0.368 e. The highest BCUT2D eigenvalue weighted by atomic mass is 32.2. The maximum absolute atomic E-state index is 5.87. The van der Waals surface area contributed by atoms with Crippen LogP contribution in [0.15, 0.2) is 5.16 Å². The van der Waals surface area contributed by atoms with Gasteiger partial charge in [0.2, 0.25) is 11.9 Å². The number of nitrogens with zero attached hydrogens (tertiary/aromatic N) is 4. The molecule has 3 rings (SSSR count). The predicted molar refractivity (Wildman–Crippen MR) is 83.0 cm³/mol. The van der Waals surface area contributed by atoms with Crippen molar-refractivity contribution >= 4 is 23.7 Å². The lowest BCUT2D eigenvalue weighted by Gasteiger charge is -2.27. The summed E-state index contributed by atoms with van der Waals surface area (Å²) in [5, 5.41) is 1.46. The zero-order valence-electron chi connectivity index (χ0n) is 11.9. The fourth-order valence-electron chi connectivity index (χ4n) is 2.98. The number of hydrogen-bond donors (Lipinski definition) is 1. The summed E-state index contributed by atoms with van der Waals surface area (Å²) >= 11 is 1.79. The van der Waals surface area contributed by atoms with Crippen LogP contribution in [0.25, 0.3) is 0 Å². The fourth-order valence-corrected chi connectivity index (χ4v) is 4.13. The molecule has 20 heavy (non-hydrogen) atoms. The first-order chi connectivity index (χ1) is 9.81. The summed E-state index contributed by atoms with van der Waals surface area (Å²) in [5.74, 6) is 1.13. The van der Waals surface area contributed by atoms with Gasteiger partial charge in [0.15, 0.2) is 5.16 Å². The molecule has 0 bridgehead atoms. The van der Waals surface area contributed by atoms with Crippen molar-refractivity contribution in [3.05, 3.63) is 0 Å². The lowest BCUT2D eigenvalue weighted by atomic mass is 10.0. The molecule has 1 aliphatic heterocycles. The monoisotopic (exact) mass is 293 g/mol. The average molecular weight is 293 g/mol. The summed E-state index contributed by atoms with van der Waals surface area (Å²) in [4.78, 5) is 15.5. The molecule has 1 aliphatic carbocycles. The van der Waals surface area contributed by atoms with Gasteiger partial charge in [-0.25, -0.2) is 0 Å². The van der Waals surface area contributed by atoms with E-state index in [1.807, 2.05) is 0 Å². The summed E-state index contributed by atoms with van der Waals surface area (Å²) in [7, 11) is 0. The maximum Gasteiger partial charge on any atom is 0.231 e. The van der Waals surface area contributed by atoms with Gasteiger partial charge in [0.1, 0.15) is 0 Å². The van der Waals surface area contributed by atoms with Crippen molar-refractivity contribution in [2.75, 3.05) is 23.7 Å². The molecule has 2 fully saturated rings. The molecule has 0 unspecified atom stereocenters. The first kappa shape index (κ1) is 13.9. The SMILES string of the molecule is Nc1nc(SC2CCCCC2)nc(N2CCCCC2)n1. The Labute approximate surface area is 124 Å². The van der Waals surface area contributed by atoms with E-state index in [1.54, 1.807) is 11.8 Å². The van der Waals surface area contributed by atoms with E-state index in [9.17, 15) is 0 Å². The fraction of sp³-hybridized carbons (Fsp3) is 0.786. The molecule has 0 radical (unpaired) electrons. The standard InChI is InChI=1S/C14H23N5S/c15-12-16-13(19-9-5-2-6-10-19)18-14(17-12)20-11-7-3-1-4-8-11/h11H,1-10H2,(H2,15,16,17,18). The van der Waals surface area contributed by atoms with Gasteiger partial charge in [-0.15, -0.1) is 0 Å². The van der Waals surface area contributed by atoms with Crippen molar-refractivity contribution in [3.63, 3.8) is 0 Å². The van der Waals surface area contributed by atoms with Gasteiger partial charge in [0, 0.05) is 18.3 Å².